The summed E-state index contributed by atoms with van der Waals surface area (Å²) in [5, 5.41) is 13.4. The fraction of sp³-hybridized carbons (Fsp3) is 0.333. The third-order valence-corrected chi connectivity index (χ3v) is 3.68. The summed E-state index contributed by atoms with van der Waals surface area (Å²) in [6.45, 7) is 6.85. The second-order valence-corrected chi connectivity index (χ2v) is 5.03. The van der Waals surface area contributed by atoms with Gasteiger partial charge in [0.2, 0.25) is 0 Å². The predicted molar refractivity (Wildman–Crippen MR) is 89.9 cm³/mol. The lowest BCUT2D eigenvalue weighted by Crippen LogP contribution is -2.21. The van der Waals surface area contributed by atoms with E-state index in [-0.39, 0.29) is 0 Å². The zero-order valence-electron chi connectivity index (χ0n) is 12.8. The van der Waals surface area contributed by atoms with Gasteiger partial charge in [-0.3, -0.25) is 0 Å². The standard InChI is InChI=1S/C18H24N2O/c1-3-20(4-2)17-12-10-16(11-13-17)19-14-18(21)15-8-6-5-7-9-15/h5-13,18-19,21H,3-4,14H2,1-2H3. The van der Waals surface area contributed by atoms with Crippen LogP contribution in [-0.4, -0.2) is 24.7 Å². The van der Waals surface area contributed by atoms with Crippen molar-refractivity contribution in [1.29, 1.82) is 0 Å². The number of nitrogens with one attached hydrogen (secondary N) is 1. The van der Waals surface area contributed by atoms with E-state index in [4.69, 9.17) is 0 Å². The van der Waals surface area contributed by atoms with Crippen molar-refractivity contribution >= 4 is 11.4 Å². The lowest BCUT2D eigenvalue weighted by atomic mass is 10.1. The van der Waals surface area contributed by atoms with Crippen molar-refractivity contribution in [2.75, 3.05) is 29.9 Å². The van der Waals surface area contributed by atoms with Crippen molar-refractivity contribution < 1.29 is 5.11 Å². The maximum atomic E-state index is 10.1. The molecule has 2 aromatic rings. The summed E-state index contributed by atoms with van der Waals surface area (Å²) in [7, 11) is 0. The van der Waals surface area contributed by atoms with Crippen LogP contribution in [0.3, 0.4) is 0 Å². The van der Waals surface area contributed by atoms with E-state index in [2.05, 4.69) is 48.3 Å². The molecular formula is C18H24N2O. The second-order valence-electron chi connectivity index (χ2n) is 5.03. The molecule has 0 spiro atoms. The van der Waals surface area contributed by atoms with Crippen LogP contribution in [0.2, 0.25) is 0 Å². The van der Waals surface area contributed by atoms with E-state index in [1.165, 1.54) is 5.69 Å². The van der Waals surface area contributed by atoms with Gasteiger partial charge in [-0.15, -0.1) is 0 Å². The molecule has 3 nitrogen and oxygen atoms in total. The Morgan fingerprint density at radius 3 is 2.14 bits per heavy atom. The van der Waals surface area contributed by atoms with E-state index in [0.717, 1.165) is 24.3 Å². The Morgan fingerprint density at radius 2 is 1.57 bits per heavy atom. The molecule has 2 N–H and O–H groups in total. The van der Waals surface area contributed by atoms with Gasteiger partial charge in [0.25, 0.3) is 0 Å². The molecule has 2 rings (SSSR count). The summed E-state index contributed by atoms with van der Waals surface area (Å²) in [6.07, 6.45) is -0.492. The van der Waals surface area contributed by atoms with Gasteiger partial charge in [-0.1, -0.05) is 30.3 Å². The van der Waals surface area contributed by atoms with E-state index in [0.29, 0.717) is 6.54 Å². The number of aliphatic hydroxyl groups excluding tert-OH is 1. The summed E-state index contributed by atoms with van der Waals surface area (Å²) in [5.41, 5.74) is 3.19. The number of anilines is 2. The minimum absolute atomic E-state index is 0.492. The Balaban J connectivity index is 1.92. The third-order valence-electron chi connectivity index (χ3n) is 3.68. The molecule has 2 aromatic carbocycles. The fourth-order valence-electron chi connectivity index (χ4n) is 2.39. The zero-order chi connectivity index (χ0) is 15.1. The maximum Gasteiger partial charge on any atom is 0.0962 e. The third kappa shape index (κ3) is 4.23. The van der Waals surface area contributed by atoms with Crippen molar-refractivity contribution in [3.63, 3.8) is 0 Å². The van der Waals surface area contributed by atoms with Crippen LogP contribution in [0, 0.1) is 0 Å². The quantitative estimate of drug-likeness (QED) is 0.814. The van der Waals surface area contributed by atoms with Crippen molar-refractivity contribution in [2.45, 2.75) is 20.0 Å². The number of hydrogen-bond acceptors (Lipinski definition) is 3. The maximum absolute atomic E-state index is 10.1. The molecule has 0 radical (unpaired) electrons. The minimum Gasteiger partial charge on any atom is -0.387 e. The minimum atomic E-state index is -0.492. The smallest absolute Gasteiger partial charge is 0.0962 e. The van der Waals surface area contributed by atoms with E-state index in [1.807, 2.05) is 30.3 Å². The van der Waals surface area contributed by atoms with Crippen LogP contribution in [-0.2, 0) is 0 Å². The molecule has 0 heterocycles. The van der Waals surface area contributed by atoms with Gasteiger partial charge in [0.1, 0.15) is 0 Å². The Labute approximate surface area is 127 Å². The summed E-state index contributed by atoms with van der Waals surface area (Å²) >= 11 is 0. The SMILES string of the molecule is CCN(CC)c1ccc(NCC(O)c2ccccc2)cc1. The summed E-state index contributed by atoms with van der Waals surface area (Å²) in [6, 6.07) is 18.1. The van der Waals surface area contributed by atoms with Gasteiger partial charge in [-0.25, -0.2) is 0 Å². The molecule has 0 aliphatic carbocycles. The monoisotopic (exact) mass is 284 g/mol. The first kappa shape index (κ1) is 15.4. The predicted octanol–water partition coefficient (Wildman–Crippen LogP) is 3.68. The molecule has 0 fully saturated rings. The molecule has 0 saturated heterocycles. The number of aliphatic hydroxyl groups is 1. The average molecular weight is 284 g/mol. The Kier molecular flexibility index (Phi) is 5.64. The molecule has 0 amide bonds. The summed E-state index contributed by atoms with van der Waals surface area (Å²) in [4.78, 5) is 2.31. The van der Waals surface area contributed by atoms with Gasteiger partial charge in [0.15, 0.2) is 0 Å². The van der Waals surface area contributed by atoms with Crippen LogP contribution in [0.5, 0.6) is 0 Å². The Bertz CT molecular complexity index is 521. The lowest BCUT2D eigenvalue weighted by molar-refractivity contribution is 0.191. The van der Waals surface area contributed by atoms with Crippen LogP contribution in [0.25, 0.3) is 0 Å². The van der Waals surface area contributed by atoms with Crippen molar-refractivity contribution in [3.05, 3.63) is 60.2 Å². The second kappa shape index (κ2) is 7.70. The van der Waals surface area contributed by atoms with Gasteiger partial charge in [0.05, 0.1) is 6.10 Å². The molecule has 3 heteroatoms. The van der Waals surface area contributed by atoms with Gasteiger partial charge >= 0.3 is 0 Å². The molecule has 1 atom stereocenters. The van der Waals surface area contributed by atoms with Crippen molar-refractivity contribution in [1.82, 2.24) is 0 Å². The van der Waals surface area contributed by atoms with Gasteiger partial charge < -0.3 is 15.3 Å². The fourth-order valence-corrected chi connectivity index (χ4v) is 2.39. The largest absolute Gasteiger partial charge is 0.387 e. The molecule has 0 bridgehead atoms. The molecule has 0 aliphatic heterocycles. The van der Waals surface area contributed by atoms with Crippen molar-refractivity contribution in [3.8, 4) is 0 Å². The average Bonchev–Trinajstić information content (AvgIpc) is 2.55. The highest BCUT2D eigenvalue weighted by atomic mass is 16.3. The molecule has 0 saturated carbocycles. The zero-order valence-corrected chi connectivity index (χ0v) is 12.8. The first-order valence-electron chi connectivity index (χ1n) is 7.56. The molecule has 1 unspecified atom stereocenters. The topological polar surface area (TPSA) is 35.5 Å². The Morgan fingerprint density at radius 1 is 0.952 bits per heavy atom. The highest BCUT2D eigenvalue weighted by Gasteiger charge is 2.06. The number of rotatable bonds is 7. The van der Waals surface area contributed by atoms with Crippen LogP contribution in [0.15, 0.2) is 54.6 Å². The van der Waals surface area contributed by atoms with E-state index >= 15 is 0 Å². The highest BCUT2D eigenvalue weighted by Crippen LogP contribution is 2.19. The van der Waals surface area contributed by atoms with E-state index in [9.17, 15) is 5.11 Å². The molecule has 0 aromatic heterocycles. The van der Waals surface area contributed by atoms with Gasteiger partial charge in [-0.05, 0) is 43.7 Å². The number of nitrogens with zero attached hydrogens (tertiary/aromatic N) is 1. The highest BCUT2D eigenvalue weighted by molar-refractivity contribution is 5.55. The molecule has 0 aliphatic rings. The summed E-state index contributed by atoms with van der Waals surface area (Å²) in [5.74, 6) is 0. The van der Waals surface area contributed by atoms with Crippen molar-refractivity contribution in [2.24, 2.45) is 0 Å². The van der Waals surface area contributed by atoms with Crippen LogP contribution in [0.1, 0.15) is 25.5 Å². The first-order chi connectivity index (χ1) is 10.2. The molecule has 112 valence electrons. The first-order valence-corrected chi connectivity index (χ1v) is 7.56. The molecular weight excluding hydrogens is 260 g/mol. The molecule has 21 heavy (non-hydrogen) atoms. The van der Waals surface area contributed by atoms with E-state index in [1.54, 1.807) is 0 Å². The van der Waals surface area contributed by atoms with Crippen LogP contribution in [0.4, 0.5) is 11.4 Å². The van der Waals surface area contributed by atoms with Crippen LogP contribution < -0.4 is 10.2 Å². The number of hydrogen-bond donors (Lipinski definition) is 2. The summed E-state index contributed by atoms with van der Waals surface area (Å²) < 4.78 is 0. The Hall–Kier alpha value is -2.00. The van der Waals surface area contributed by atoms with Gasteiger partial charge in [0, 0.05) is 31.0 Å². The van der Waals surface area contributed by atoms with Crippen LogP contribution >= 0.6 is 0 Å². The normalized spacial score (nSPS) is 12.0. The van der Waals surface area contributed by atoms with Gasteiger partial charge in [-0.2, -0.15) is 0 Å². The lowest BCUT2D eigenvalue weighted by Gasteiger charge is -2.21. The van der Waals surface area contributed by atoms with E-state index < -0.39 is 6.10 Å². The number of benzene rings is 2.